The predicted octanol–water partition coefficient (Wildman–Crippen LogP) is 8.25. The van der Waals surface area contributed by atoms with E-state index in [1.807, 2.05) is 0 Å². The highest BCUT2D eigenvalue weighted by Gasteiger charge is 2.14. The minimum atomic E-state index is 1.13. The second-order valence-electron chi connectivity index (χ2n) is 7.89. The van der Waals surface area contributed by atoms with Crippen molar-refractivity contribution in [3.05, 3.63) is 133 Å². The van der Waals surface area contributed by atoms with E-state index in [9.17, 15) is 0 Å². The minimum absolute atomic E-state index is 1.13. The van der Waals surface area contributed by atoms with Crippen molar-refractivity contribution in [3.63, 3.8) is 0 Å². The third-order valence-corrected chi connectivity index (χ3v) is 5.97. The first-order chi connectivity index (χ1) is 15.9. The zero-order chi connectivity index (χ0) is 21.3. The molecule has 0 unspecified atom stereocenters. The van der Waals surface area contributed by atoms with E-state index in [1.165, 1.54) is 21.8 Å². The lowest BCUT2D eigenvalue weighted by Gasteiger charge is -2.25. The van der Waals surface area contributed by atoms with Crippen LogP contribution in [0, 0.1) is 0 Å². The molecule has 0 aliphatic carbocycles. The van der Waals surface area contributed by atoms with Gasteiger partial charge < -0.3 is 9.47 Å². The van der Waals surface area contributed by atoms with Crippen molar-refractivity contribution in [1.82, 2.24) is 4.57 Å². The lowest BCUT2D eigenvalue weighted by Crippen LogP contribution is -2.09. The summed E-state index contributed by atoms with van der Waals surface area (Å²) < 4.78 is 2.35. The molecule has 2 heteroatoms. The summed E-state index contributed by atoms with van der Waals surface area (Å²) in [7, 11) is 0. The maximum Gasteiger partial charge on any atom is 0.0541 e. The van der Waals surface area contributed by atoms with Gasteiger partial charge in [0, 0.05) is 33.5 Å². The Morgan fingerprint density at radius 1 is 0.375 bits per heavy atom. The van der Waals surface area contributed by atoms with Crippen molar-refractivity contribution >= 4 is 38.9 Å². The summed E-state index contributed by atoms with van der Waals surface area (Å²) in [6.07, 6.45) is 0. The Hall–Kier alpha value is -4.30. The fourth-order valence-electron chi connectivity index (χ4n) is 4.55. The van der Waals surface area contributed by atoms with E-state index in [0.29, 0.717) is 0 Å². The second-order valence-corrected chi connectivity index (χ2v) is 7.89. The van der Waals surface area contributed by atoms with Gasteiger partial charge in [-0.1, -0.05) is 72.8 Å². The smallest absolute Gasteiger partial charge is 0.0541 e. The largest absolute Gasteiger partial charge is 0.311 e. The quantitative estimate of drug-likeness (QED) is 0.284. The number of rotatable bonds is 4. The number of fused-ring (bicyclic) bond motifs is 3. The summed E-state index contributed by atoms with van der Waals surface area (Å²) in [6.45, 7) is 0. The van der Waals surface area contributed by atoms with E-state index < -0.39 is 0 Å². The Morgan fingerprint density at radius 3 is 1.28 bits per heavy atom. The Labute approximate surface area is 187 Å². The SMILES string of the molecule is c1ccc(N(c2ccccc2)c2ccc(-n3c4ccccc4c4ccccc43)cc2)cc1. The van der Waals surface area contributed by atoms with Crippen LogP contribution in [0.5, 0.6) is 0 Å². The summed E-state index contributed by atoms with van der Waals surface area (Å²) in [5.74, 6) is 0. The van der Waals surface area contributed by atoms with Crippen LogP contribution < -0.4 is 4.90 Å². The summed E-state index contributed by atoms with van der Waals surface area (Å²) in [5.41, 5.74) is 7.03. The van der Waals surface area contributed by atoms with E-state index in [2.05, 4.69) is 143 Å². The molecule has 0 amide bonds. The molecule has 32 heavy (non-hydrogen) atoms. The number of hydrogen-bond acceptors (Lipinski definition) is 1. The molecule has 0 spiro atoms. The average Bonchev–Trinajstić information content (AvgIpc) is 3.21. The van der Waals surface area contributed by atoms with Gasteiger partial charge in [-0.25, -0.2) is 0 Å². The van der Waals surface area contributed by atoms with Crippen molar-refractivity contribution in [2.75, 3.05) is 4.90 Å². The van der Waals surface area contributed by atoms with E-state index in [-0.39, 0.29) is 0 Å². The molecule has 5 aromatic carbocycles. The van der Waals surface area contributed by atoms with Crippen LogP contribution in [0.15, 0.2) is 133 Å². The third kappa shape index (κ3) is 3.05. The molecular formula is C30H22N2. The van der Waals surface area contributed by atoms with Crippen LogP contribution in [0.3, 0.4) is 0 Å². The molecule has 0 saturated heterocycles. The standard InChI is InChI=1S/C30H22N2/c1-3-11-23(12-4-1)31(24-13-5-2-6-14-24)25-19-21-26(22-20-25)32-29-17-9-7-15-27(29)28-16-8-10-18-30(28)32/h1-22H. The van der Waals surface area contributed by atoms with Crippen molar-refractivity contribution < 1.29 is 0 Å². The van der Waals surface area contributed by atoms with Gasteiger partial charge in [0.25, 0.3) is 0 Å². The van der Waals surface area contributed by atoms with Crippen LogP contribution >= 0.6 is 0 Å². The Kier molecular flexibility index (Phi) is 4.47. The molecule has 6 aromatic rings. The van der Waals surface area contributed by atoms with Gasteiger partial charge in [-0.2, -0.15) is 0 Å². The van der Waals surface area contributed by atoms with Crippen LogP contribution in [0.4, 0.5) is 17.1 Å². The van der Waals surface area contributed by atoms with Gasteiger partial charge in [0.05, 0.1) is 11.0 Å². The average molecular weight is 411 g/mol. The fourth-order valence-corrected chi connectivity index (χ4v) is 4.55. The van der Waals surface area contributed by atoms with Crippen LogP contribution in [-0.4, -0.2) is 4.57 Å². The van der Waals surface area contributed by atoms with Crippen LogP contribution in [0.1, 0.15) is 0 Å². The Bertz CT molecular complexity index is 1400. The molecule has 152 valence electrons. The molecule has 1 heterocycles. The van der Waals surface area contributed by atoms with Gasteiger partial charge >= 0.3 is 0 Å². The highest BCUT2D eigenvalue weighted by atomic mass is 15.1. The molecule has 0 saturated carbocycles. The summed E-state index contributed by atoms with van der Waals surface area (Å²) in [4.78, 5) is 2.29. The molecule has 0 radical (unpaired) electrons. The third-order valence-electron chi connectivity index (χ3n) is 5.97. The van der Waals surface area contributed by atoms with Gasteiger partial charge in [0.2, 0.25) is 0 Å². The molecule has 0 aliphatic rings. The van der Waals surface area contributed by atoms with E-state index in [4.69, 9.17) is 0 Å². The number of aromatic nitrogens is 1. The first-order valence-corrected chi connectivity index (χ1v) is 10.9. The van der Waals surface area contributed by atoms with E-state index in [1.54, 1.807) is 0 Å². The van der Waals surface area contributed by atoms with Crippen LogP contribution in [0.2, 0.25) is 0 Å². The van der Waals surface area contributed by atoms with Gasteiger partial charge in [0.1, 0.15) is 0 Å². The number of benzene rings is 5. The van der Waals surface area contributed by atoms with E-state index in [0.717, 1.165) is 22.7 Å². The summed E-state index contributed by atoms with van der Waals surface area (Å²) in [5, 5.41) is 2.56. The highest BCUT2D eigenvalue weighted by molar-refractivity contribution is 6.09. The molecule has 0 fully saturated rings. The maximum atomic E-state index is 2.35. The zero-order valence-electron chi connectivity index (χ0n) is 17.6. The zero-order valence-corrected chi connectivity index (χ0v) is 17.6. The number of hydrogen-bond donors (Lipinski definition) is 0. The Balaban J connectivity index is 1.50. The second kappa shape index (κ2) is 7.75. The van der Waals surface area contributed by atoms with Crippen LogP contribution in [-0.2, 0) is 0 Å². The van der Waals surface area contributed by atoms with Crippen molar-refractivity contribution in [3.8, 4) is 5.69 Å². The van der Waals surface area contributed by atoms with Crippen molar-refractivity contribution in [2.45, 2.75) is 0 Å². The first-order valence-electron chi connectivity index (χ1n) is 10.9. The molecule has 0 N–H and O–H groups in total. The maximum absolute atomic E-state index is 2.35. The lowest BCUT2D eigenvalue weighted by molar-refractivity contribution is 1.17. The number of para-hydroxylation sites is 4. The molecule has 0 aliphatic heterocycles. The lowest BCUT2D eigenvalue weighted by atomic mass is 10.2. The Morgan fingerprint density at radius 2 is 0.781 bits per heavy atom. The molecule has 2 nitrogen and oxygen atoms in total. The monoisotopic (exact) mass is 410 g/mol. The van der Waals surface area contributed by atoms with Gasteiger partial charge in [-0.3, -0.25) is 0 Å². The number of nitrogens with zero attached hydrogens (tertiary/aromatic N) is 2. The molecule has 0 atom stereocenters. The predicted molar refractivity (Wildman–Crippen MR) is 135 cm³/mol. The van der Waals surface area contributed by atoms with Gasteiger partial charge in [0.15, 0.2) is 0 Å². The molecule has 0 bridgehead atoms. The summed E-state index contributed by atoms with van der Waals surface area (Å²) in [6, 6.07) is 47.1. The fraction of sp³-hybridized carbons (Fsp3) is 0. The minimum Gasteiger partial charge on any atom is -0.311 e. The first kappa shape index (κ1) is 18.5. The highest BCUT2D eigenvalue weighted by Crippen LogP contribution is 2.36. The molecule has 1 aromatic heterocycles. The molecule has 6 rings (SSSR count). The van der Waals surface area contributed by atoms with Gasteiger partial charge in [-0.05, 0) is 60.7 Å². The number of anilines is 3. The van der Waals surface area contributed by atoms with Crippen LogP contribution in [0.25, 0.3) is 27.5 Å². The van der Waals surface area contributed by atoms with Gasteiger partial charge in [-0.15, -0.1) is 0 Å². The van der Waals surface area contributed by atoms with Crippen molar-refractivity contribution in [2.24, 2.45) is 0 Å². The topological polar surface area (TPSA) is 8.17 Å². The van der Waals surface area contributed by atoms with E-state index >= 15 is 0 Å². The summed E-state index contributed by atoms with van der Waals surface area (Å²) >= 11 is 0. The normalized spacial score (nSPS) is 11.1. The molecular weight excluding hydrogens is 388 g/mol. The van der Waals surface area contributed by atoms with Crippen molar-refractivity contribution in [1.29, 1.82) is 0 Å².